The normalized spacial score (nSPS) is 21.5. The van der Waals surface area contributed by atoms with Crippen molar-refractivity contribution in [3.63, 3.8) is 0 Å². The summed E-state index contributed by atoms with van der Waals surface area (Å²) in [5, 5.41) is 11.9. The van der Waals surface area contributed by atoms with Crippen molar-refractivity contribution in [2.24, 2.45) is 0 Å². The van der Waals surface area contributed by atoms with Crippen LogP contribution in [0.3, 0.4) is 0 Å². The highest BCUT2D eigenvalue weighted by molar-refractivity contribution is 8.27. The van der Waals surface area contributed by atoms with E-state index in [9.17, 15) is 9.59 Å². The van der Waals surface area contributed by atoms with Crippen LogP contribution in [-0.4, -0.2) is 37.6 Å². The maximum absolute atomic E-state index is 13.6. The summed E-state index contributed by atoms with van der Waals surface area (Å²) >= 11 is 9.55. The predicted octanol–water partition coefficient (Wildman–Crippen LogP) is 4.33. The maximum Gasteiger partial charge on any atom is 0.264 e. The minimum atomic E-state index is -0.538. The molecule has 3 aliphatic heterocycles. The molecule has 1 saturated heterocycles. The minimum Gasteiger partial charge on any atom is -0.307 e. The molecule has 6 nitrogen and oxygen atoms in total. The molecule has 4 heterocycles. The van der Waals surface area contributed by atoms with E-state index in [2.05, 4.69) is 27.7 Å². The van der Waals surface area contributed by atoms with Crippen molar-refractivity contribution in [3.05, 3.63) is 44.8 Å². The van der Waals surface area contributed by atoms with Crippen LogP contribution in [0.1, 0.15) is 35.5 Å². The SMILES string of the molecule is Cc1cc2c3c(c1)C(=C1SC(=S)NC1=O)C(=O)N3C(C)(C)C=C2CSc1nnc(C)s1. The molecular weight excluding hydrogens is 469 g/mol. The Labute approximate surface area is 197 Å². The van der Waals surface area contributed by atoms with Crippen LogP contribution < -0.4 is 10.2 Å². The smallest absolute Gasteiger partial charge is 0.264 e. The molecule has 0 unspecified atom stereocenters. The Morgan fingerprint density at radius 1 is 1.19 bits per heavy atom. The van der Waals surface area contributed by atoms with Gasteiger partial charge >= 0.3 is 0 Å². The highest BCUT2D eigenvalue weighted by atomic mass is 32.2. The first-order valence-electron chi connectivity index (χ1n) is 9.58. The van der Waals surface area contributed by atoms with Gasteiger partial charge in [0.1, 0.15) is 9.33 Å². The first-order chi connectivity index (χ1) is 14.7. The van der Waals surface area contributed by atoms with E-state index in [1.165, 1.54) is 0 Å². The Morgan fingerprint density at radius 3 is 2.58 bits per heavy atom. The first kappa shape index (κ1) is 20.9. The van der Waals surface area contributed by atoms with Gasteiger partial charge in [0, 0.05) is 16.9 Å². The van der Waals surface area contributed by atoms with Crippen LogP contribution in [0.25, 0.3) is 11.1 Å². The molecule has 0 atom stereocenters. The van der Waals surface area contributed by atoms with E-state index in [1.807, 2.05) is 38.7 Å². The molecule has 3 aliphatic rings. The lowest BCUT2D eigenvalue weighted by Crippen LogP contribution is -2.46. The summed E-state index contributed by atoms with van der Waals surface area (Å²) in [5.41, 5.74) is 4.80. The minimum absolute atomic E-state index is 0.156. The number of hydrogen-bond acceptors (Lipinski definition) is 8. The second-order valence-corrected chi connectivity index (χ2v) is 12.2. The maximum atomic E-state index is 13.6. The molecule has 0 radical (unpaired) electrons. The molecule has 2 aromatic rings. The van der Waals surface area contributed by atoms with Crippen molar-refractivity contribution in [2.75, 3.05) is 10.7 Å². The largest absolute Gasteiger partial charge is 0.307 e. The number of aromatic nitrogens is 2. The molecule has 1 aromatic carbocycles. The van der Waals surface area contributed by atoms with Crippen molar-refractivity contribution < 1.29 is 9.59 Å². The van der Waals surface area contributed by atoms with Crippen LogP contribution >= 0.6 is 47.1 Å². The van der Waals surface area contributed by atoms with E-state index in [4.69, 9.17) is 12.2 Å². The monoisotopic (exact) mass is 486 g/mol. The molecule has 0 saturated carbocycles. The summed E-state index contributed by atoms with van der Waals surface area (Å²) < 4.78 is 1.30. The highest BCUT2D eigenvalue weighted by Crippen LogP contribution is 2.52. The summed E-state index contributed by atoms with van der Waals surface area (Å²) in [6, 6.07) is 4.11. The van der Waals surface area contributed by atoms with E-state index in [0.717, 1.165) is 54.8 Å². The lowest BCUT2D eigenvalue weighted by Gasteiger charge is -2.39. The Kier molecular flexibility index (Phi) is 4.89. The zero-order valence-corrected chi connectivity index (χ0v) is 20.5. The number of amides is 2. The van der Waals surface area contributed by atoms with Gasteiger partial charge in [0.25, 0.3) is 11.8 Å². The standard InChI is InChI=1S/C21H18N4O2S4/c1-9-5-12-11(8-29-20-24-23-10(2)30-20)7-21(3,4)25-15(12)13(6-9)14(18(25)27)16-17(26)22-19(28)31-16/h5-7H,8H2,1-4H3,(H,22,26,28). The average Bonchev–Trinajstić information content (AvgIpc) is 3.32. The van der Waals surface area contributed by atoms with E-state index < -0.39 is 5.54 Å². The summed E-state index contributed by atoms with van der Waals surface area (Å²) in [6.07, 6.45) is 2.15. The number of carbonyl (C=O) groups excluding carboxylic acids is 2. The van der Waals surface area contributed by atoms with Gasteiger partial charge < -0.3 is 5.32 Å². The van der Waals surface area contributed by atoms with Crippen LogP contribution in [0, 0.1) is 13.8 Å². The number of aryl methyl sites for hydroxylation is 2. The molecule has 5 rings (SSSR count). The molecule has 158 valence electrons. The molecule has 2 amide bonds. The number of hydrogen-bond donors (Lipinski definition) is 1. The molecule has 1 N–H and O–H groups in total. The number of nitrogens with zero attached hydrogens (tertiary/aromatic N) is 3. The van der Waals surface area contributed by atoms with Crippen molar-refractivity contribution >= 4 is 80.0 Å². The third-order valence-corrected chi connectivity index (χ3v) is 8.57. The molecule has 1 fully saturated rings. The van der Waals surface area contributed by atoms with Crippen molar-refractivity contribution in [3.8, 4) is 0 Å². The second-order valence-electron chi connectivity index (χ2n) is 8.10. The molecule has 0 aliphatic carbocycles. The first-order valence-corrected chi connectivity index (χ1v) is 12.6. The zero-order chi connectivity index (χ0) is 22.1. The average molecular weight is 487 g/mol. The van der Waals surface area contributed by atoms with Gasteiger partial charge in [0.2, 0.25) is 0 Å². The summed E-state index contributed by atoms with van der Waals surface area (Å²) in [7, 11) is 0. The van der Waals surface area contributed by atoms with Gasteiger partial charge in [-0.3, -0.25) is 14.5 Å². The van der Waals surface area contributed by atoms with Gasteiger partial charge in [-0.1, -0.05) is 53.2 Å². The molecular formula is C21H18N4O2S4. The van der Waals surface area contributed by atoms with E-state index >= 15 is 0 Å². The third kappa shape index (κ3) is 3.36. The zero-order valence-electron chi connectivity index (χ0n) is 17.2. The number of nitrogens with one attached hydrogen (secondary N) is 1. The number of rotatable bonds is 3. The summed E-state index contributed by atoms with van der Waals surface area (Å²) in [6.45, 7) is 8.01. The van der Waals surface area contributed by atoms with Gasteiger partial charge in [-0.25, -0.2) is 0 Å². The quantitative estimate of drug-likeness (QED) is 0.393. The number of carbonyl (C=O) groups is 2. The highest BCUT2D eigenvalue weighted by Gasteiger charge is 2.47. The third-order valence-electron chi connectivity index (χ3n) is 5.32. The fraction of sp³-hybridized carbons (Fsp3) is 0.286. The molecule has 1 aromatic heterocycles. The van der Waals surface area contributed by atoms with Gasteiger partial charge in [-0.2, -0.15) is 0 Å². The van der Waals surface area contributed by atoms with Crippen LogP contribution in [0.15, 0.2) is 27.5 Å². The fourth-order valence-electron chi connectivity index (χ4n) is 4.20. The number of benzene rings is 1. The molecule has 31 heavy (non-hydrogen) atoms. The van der Waals surface area contributed by atoms with Crippen LogP contribution in [-0.2, 0) is 9.59 Å². The molecule has 0 bridgehead atoms. The number of thiocarbonyl (C=S) groups is 1. The fourth-order valence-corrected chi connectivity index (χ4v) is 7.12. The molecule has 0 spiro atoms. The predicted molar refractivity (Wildman–Crippen MR) is 131 cm³/mol. The van der Waals surface area contributed by atoms with E-state index in [-0.39, 0.29) is 11.8 Å². The van der Waals surface area contributed by atoms with E-state index in [1.54, 1.807) is 23.1 Å². The van der Waals surface area contributed by atoms with Gasteiger partial charge in [-0.05, 0) is 51.0 Å². The molecule has 10 heteroatoms. The van der Waals surface area contributed by atoms with E-state index in [0.29, 0.717) is 14.8 Å². The van der Waals surface area contributed by atoms with Crippen molar-refractivity contribution in [2.45, 2.75) is 37.6 Å². The summed E-state index contributed by atoms with van der Waals surface area (Å²) in [4.78, 5) is 28.3. The summed E-state index contributed by atoms with van der Waals surface area (Å²) in [5.74, 6) is 0.264. The van der Waals surface area contributed by atoms with Crippen LogP contribution in [0.5, 0.6) is 0 Å². The van der Waals surface area contributed by atoms with Gasteiger partial charge in [0.15, 0.2) is 4.34 Å². The van der Waals surface area contributed by atoms with Crippen molar-refractivity contribution in [1.29, 1.82) is 0 Å². The van der Waals surface area contributed by atoms with Gasteiger partial charge in [0.05, 0.1) is 21.7 Å². The number of thioether (sulfide) groups is 2. The van der Waals surface area contributed by atoms with Crippen molar-refractivity contribution in [1.82, 2.24) is 15.5 Å². The lowest BCUT2D eigenvalue weighted by atomic mass is 9.88. The second kappa shape index (κ2) is 7.26. The Hall–Kier alpha value is -2.01. The van der Waals surface area contributed by atoms with Crippen LogP contribution in [0.4, 0.5) is 5.69 Å². The topological polar surface area (TPSA) is 75.2 Å². The Balaban J connectivity index is 1.66. The Bertz CT molecular complexity index is 1260. The van der Waals surface area contributed by atoms with Gasteiger partial charge in [-0.15, -0.1) is 10.2 Å². The Morgan fingerprint density at radius 2 is 1.94 bits per heavy atom. The lowest BCUT2D eigenvalue weighted by molar-refractivity contribution is -0.116. The van der Waals surface area contributed by atoms with Crippen LogP contribution in [0.2, 0.25) is 0 Å². The number of anilines is 1.